The third-order valence-corrected chi connectivity index (χ3v) is 4.91. The number of carbonyl (C=O) groups excluding carboxylic acids is 1. The van der Waals surface area contributed by atoms with E-state index in [4.69, 9.17) is 4.74 Å². The molecule has 4 rings (SSSR count). The first-order chi connectivity index (χ1) is 13.6. The molecular weight excluding hydrogens is 361 g/mol. The smallest absolute Gasteiger partial charge is 0.259 e. The van der Waals surface area contributed by atoms with Crippen molar-refractivity contribution >= 4 is 16.8 Å². The average Bonchev–Trinajstić information content (AvgIpc) is 3.22. The van der Waals surface area contributed by atoms with Gasteiger partial charge < -0.3 is 14.6 Å². The number of H-pyrrole nitrogens is 1. The molecule has 1 N–H and O–H groups in total. The minimum absolute atomic E-state index is 0.0213. The van der Waals surface area contributed by atoms with Crippen molar-refractivity contribution in [2.75, 3.05) is 13.2 Å². The van der Waals surface area contributed by atoms with E-state index in [0.717, 1.165) is 18.5 Å². The van der Waals surface area contributed by atoms with Crippen LogP contribution >= 0.6 is 0 Å². The Labute approximate surface area is 161 Å². The first-order valence-corrected chi connectivity index (χ1v) is 9.24. The minimum Gasteiger partial charge on any atom is -0.376 e. The molecule has 28 heavy (non-hydrogen) atoms. The molecule has 1 fully saturated rings. The third kappa shape index (κ3) is 3.66. The number of carbonyl (C=O) groups is 1. The van der Waals surface area contributed by atoms with E-state index >= 15 is 0 Å². The maximum Gasteiger partial charge on any atom is 0.259 e. The zero-order chi connectivity index (χ0) is 19.5. The van der Waals surface area contributed by atoms with E-state index in [-0.39, 0.29) is 29.1 Å². The van der Waals surface area contributed by atoms with Crippen LogP contribution in [0.15, 0.2) is 53.6 Å². The van der Waals surface area contributed by atoms with Gasteiger partial charge in [-0.25, -0.2) is 4.39 Å². The van der Waals surface area contributed by atoms with Gasteiger partial charge in [0.05, 0.1) is 23.9 Å². The molecule has 1 aliphatic rings. The molecule has 1 aromatic carbocycles. The van der Waals surface area contributed by atoms with Crippen LogP contribution in [0.25, 0.3) is 10.9 Å². The Morgan fingerprint density at radius 3 is 2.93 bits per heavy atom. The second-order valence-electron chi connectivity index (χ2n) is 6.84. The lowest BCUT2D eigenvalue weighted by Crippen LogP contribution is -2.39. The monoisotopic (exact) mass is 381 g/mol. The van der Waals surface area contributed by atoms with Crippen LogP contribution < -0.4 is 5.43 Å². The second-order valence-corrected chi connectivity index (χ2v) is 6.84. The van der Waals surface area contributed by atoms with Gasteiger partial charge in [0.15, 0.2) is 0 Å². The van der Waals surface area contributed by atoms with Crippen LogP contribution in [0, 0.1) is 5.82 Å². The predicted molar refractivity (Wildman–Crippen MR) is 102 cm³/mol. The summed E-state index contributed by atoms with van der Waals surface area (Å²) in [6.07, 6.45) is 4.70. The van der Waals surface area contributed by atoms with Gasteiger partial charge in [0.25, 0.3) is 5.91 Å². The lowest BCUT2D eigenvalue weighted by molar-refractivity contribution is 0.0503. The van der Waals surface area contributed by atoms with Gasteiger partial charge in [-0.15, -0.1) is 0 Å². The SMILES string of the molecule is O=C(c1c[nH]c2c(F)cccc2c1=O)N(Cc1ccccn1)C[C@@H]1CCCO1. The fourth-order valence-electron chi connectivity index (χ4n) is 3.48. The highest BCUT2D eigenvalue weighted by Crippen LogP contribution is 2.17. The van der Waals surface area contributed by atoms with E-state index in [9.17, 15) is 14.0 Å². The zero-order valence-corrected chi connectivity index (χ0v) is 15.2. The Kier molecular flexibility index (Phi) is 5.16. The fraction of sp³-hybridized carbons (Fsp3) is 0.286. The summed E-state index contributed by atoms with van der Waals surface area (Å²) in [6.45, 7) is 1.31. The number of nitrogens with one attached hydrogen (secondary N) is 1. The number of rotatable bonds is 5. The summed E-state index contributed by atoms with van der Waals surface area (Å²) in [4.78, 5) is 34.7. The Morgan fingerprint density at radius 2 is 2.18 bits per heavy atom. The Hall–Kier alpha value is -3.06. The third-order valence-electron chi connectivity index (χ3n) is 4.91. The Morgan fingerprint density at radius 1 is 1.29 bits per heavy atom. The van der Waals surface area contributed by atoms with Crippen LogP contribution in [0.2, 0.25) is 0 Å². The minimum atomic E-state index is -0.529. The number of ether oxygens (including phenoxy) is 1. The van der Waals surface area contributed by atoms with Crippen LogP contribution in [0.3, 0.4) is 0 Å². The van der Waals surface area contributed by atoms with Gasteiger partial charge in [-0.3, -0.25) is 14.6 Å². The van der Waals surface area contributed by atoms with E-state index in [1.807, 2.05) is 12.1 Å². The number of nitrogens with zero attached hydrogens (tertiary/aromatic N) is 2. The molecule has 2 aromatic heterocycles. The maximum atomic E-state index is 13.9. The molecule has 144 valence electrons. The van der Waals surface area contributed by atoms with E-state index in [0.29, 0.717) is 13.2 Å². The van der Waals surface area contributed by atoms with Crippen molar-refractivity contribution in [2.45, 2.75) is 25.5 Å². The van der Waals surface area contributed by atoms with Crippen LogP contribution in [0.4, 0.5) is 4.39 Å². The number of benzene rings is 1. The van der Waals surface area contributed by atoms with E-state index in [1.165, 1.54) is 24.4 Å². The number of aromatic amines is 1. The molecule has 0 bridgehead atoms. The molecule has 0 spiro atoms. The average molecular weight is 381 g/mol. The largest absolute Gasteiger partial charge is 0.376 e. The normalized spacial score (nSPS) is 16.4. The fourth-order valence-corrected chi connectivity index (χ4v) is 3.48. The Balaban J connectivity index is 1.69. The van der Waals surface area contributed by atoms with Crippen LogP contribution in [0.5, 0.6) is 0 Å². The van der Waals surface area contributed by atoms with Crippen molar-refractivity contribution in [3.8, 4) is 0 Å². The van der Waals surface area contributed by atoms with Gasteiger partial charge in [-0.2, -0.15) is 0 Å². The summed E-state index contributed by atoms with van der Waals surface area (Å²) in [5.74, 6) is -0.952. The standard InChI is InChI=1S/C21H20FN3O3/c22-18-8-3-7-16-19(18)24-11-17(20(16)26)21(27)25(13-15-6-4-10-28-15)12-14-5-1-2-9-23-14/h1-3,5,7-9,11,15H,4,6,10,12-13H2,(H,24,26)/t15-/m0/s1. The molecular formula is C21H20FN3O3. The van der Waals surface area contributed by atoms with Gasteiger partial charge in [-0.05, 0) is 37.1 Å². The summed E-state index contributed by atoms with van der Waals surface area (Å²) < 4.78 is 19.6. The van der Waals surface area contributed by atoms with Crippen molar-refractivity contribution in [1.29, 1.82) is 0 Å². The number of para-hydroxylation sites is 1. The first kappa shape index (κ1) is 18.3. The molecule has 6 nitrogen and oxygen atoms in total. The van der Waals surface area contributed by atoms with Crippen molar-refractivity contribution in [2.24, 2.45) is 0 Å². The summed E-state index contributed by atoms with van der Waals surface area (Å²) in [5, 5.41) is 0.153. The van der Waals surface area contributed by atoms with Crippen LogP contribution in [-0.4, -0.2) is 40.0 Å². The lowest BCUT2D eigenvalue weighted by atomic mass is 10.1. The number of aromatic nitrogens is 2. The number of pyridine rings is 2. The maximum absolute atomic E-state index is 13.9. The van der Waals surface area contributed by atoms with Crippen LogP contribution in [0.1, 0.15) is 28.9 Å². The highest BCUT2D eigenvalue weighted by atomic mass is 19.1. The predicted octanol–water partition coefficient (Wildman–Crippen LogP) is 2.88. The summed E-state index contributed by atoms with van der Waals surface area (Å²) in [6, 6.07) is 9.72. The Bertz CT molecular complexity index is 1050. The van der Waals surface area contributed by atoms with Gasteiger partial charge in [0, 0.05) is 30.9 Å². The quantitative estimate of drug-likeness (QED) is 0.737. The van der Waals surface area contributed by atoms with Gasteiger partial charge >= 0.3 is 0 Å². The highest BCUT2D eigenvalue weighted by Gasteiger charge is 2.26. The van der Waals surface area contributed by atoms with Crippen molar-refractivity contribution < 1.29 is 13.9 Å². The number of fused-ring (bicyclic) bond motifs is 1. The summed E-state index contributed by atoms with van der Waals surface area (Å²) >= 11 is 0. The molecule has 3 heterocycles. The van der Waals surface area contributed by atoms with Crippen molar-refractivity contribution in [3.05, 3.63) is 76.1 Å². The van der Waals surface area contributed by atoms with Gasteiger partial charge in [0.1, 0.15) is 11.4 Å². The zero-order valence-electron chi connectivity index (χ0n) is 15.2. The molecule has 1 saturated heterocycles. The van der Waals surface area contributed by atoms with Gasteiger partial charge in [0.2, 0.25) is 5.43 Å². The van der Waals surface area contributed by atoms with Gasteiger partial charge in [-0.1, -0.05) is 12.1 Å². The topological polar surface area (TPSA) is 75.3 Å². The first-order valence-electron chi connectivity index (χ1n) is 9.24. The van der Waals surface area contributed by atoms with E-state index in [1.54, 1.807) is 17.2 Å². The number of hydrogen-bond acceptors (Lipinski definition) is 4. The molecule has 1 atom stereocenters. The molecule has 7 heteroatoms. The number of hydrogen-bond donors (Lipinski definition) is 1. The second kappa shape index (κ2) is 7.90. The molecule has 1 amide bonds. The van der Waals surface area contributed by atoms with Crippen molar-refractivity contribution in [3.63, 3.8) is 0 Å². The molecule has 0 saturated carbocycles. The van der Waals surface area contributed by atoms with Crippen LogP contribution in [-0.2, 0) is 11.3 Å². The molecule has 1 aliphatic heterocycles. The number of halogens is 1. The summed E-state index contributed by atoms with van der Waals surface area (Å²) in [7, 11) is 0. The molecule has 0 aliphatic carbocycles. The number of amides is 1. The van der Waals surface area contributed by atoms with E-state index < -0.39 is 17.2 Å². The van der Waals surface area contributed by atoms with Crippen molar-refractivity contribution in [1.82, 2.24) is 14.9 Å². The molecule has 3 aromatic rings. The van der Waals surface area contributed by atoms with E-state index in [2.05, 4.69) is 9.97 Å². The summed E-state index contributed by atoms with van der Waals surface area (Å²) in [5.41, 5.74) is 0.306. The molecule has 0 unspecified atom stereocenters. The lowest BCUT2D eigenvalue weighted by Gasteiger charge is -2.25. The molecule has 0 radical (unpaired) electrons. The highest BCUT2D eigenvalue weighted by molar-refractivity contribution is 5.97.